The Morgan fingerprint density at radius 1 is 0.870 bits per heavy atom. The second-order valence-electron chi connectivity index (χ2n) is 5.57. The lowest BCUT2D eigenvalue weighted by Gasteiger charge is -2.02. The van der Waals surface area contributed by atoms with Crippen molar-refractivity contribution in [2.75, 3.05) is 6.61 Å². The number of allylic oxidation sites excluding steroid dienone is 6. The lowest BCUT2D eigenvalue weighted by molar-refractivity contribution is -0.142. The third-order valence-corrected chi connectivity index (χ3v) is 3.39. The van der Waals surface area contributed by atoms with Gasteiger partial charge in [-0.2, -0.15) is 0 Å². The van der Waals surface area contributed by atoms with E-state index >= 15 is 0 Å². The Balaban J connectivity index is 3.29. The summed E-state index contributed by atoms with van der Waals surface area (Å²) in [6, 6.07) is 0. The summed E-state index contributed by atoms with van der Waals surface area (Å²) in [6.45, 7) is 6.00. The molecule has 0 fully saturated rings. The molecule has 0 amide bonds. The summed E-state index contributed by atoms with van der Waals surface area (Å²) in [7, 11) is 0. The number of carbonyl (C=O) groups is 1. The van der Waals surface area contributed by atoms with Crippen LogP contribution in [0.4, 0.5) is 0 Å². The van der Waals surface area contributed by atoms with Gasteiger partial charge in [-0.3, -0.25) is 4.79 Å². The van der Waals surface area contributed by atoms with Crippen molar-refractivity contribution in [3.8, 4) is 0 Å². The maximum atomic E-state index is 11.2. The largest absolute Gasteiger partial charge is 0.461 e. The number of hydrogen-bond acceptors (Lipinski definition) is 2. The second kappa shape index (κ2) is 18.5. The van der Waals surface area contributed by atoms with Crippen molar-refractivity contribution in [2.45, 2.75) is 71.1 Å². The van der Waals surface area contributed by atoms with E-state index in [1.54, 1.807) is 6.08 Å². The zero-order valence-corrected chi connectivity index (χ0v) is 14.8. The molecule has 0 aromatic rings. The quantitative estimate of drug-likeness (QED) is 0.201. The van der Waals surface area contributed by atoms with E-state index in [2.05, 4.69) is 50.0 Å². The van der Waals surface area contributed by atoms with E-state index in [0.717, 1.165) is 38.5 Å². The van der Waals surface area contributed by atoms with Crippen LogP contribution in [0.15, 0.2) is 49.1 Å². The molecule has 23 heavy (non-hydrogen) atoms. The molecule has 0 saturated heterocycles. The second-order valence-corrected chi connectivity index (χ2v) is 5.57. The molecule has 0 spiro atoms. The first-order valence-corrected chi connectivity index (χ1v) is 9.02. The van der Waals surface area contributed by atoms with E-state index < -0.39 is 0 Å². The zero-order valence-electron chi connectivity index (χ0n) is 14.8. The maximum absolute atomic E-state index is 11.2. The fourth-order valence-electron chi connectivity index (χ4n) is 2.11. The molecule has 2 heteroatoms. The number of ether oxygens (including phenoxy) is 1. The molecule has 0 aromatic carbocycles. The fourth-order valence-corrected chi connectivity index (χ4v) is 2.11. The van der Waals surface area contributed by atoms with Crippen LogP contribution in [0.2, 0.25) is 0 Å². The summed E-state index contributed by atoms with van der Waals surface area (Å²) < 4.78 is 4.93. The Hall–Kier alpha value is -1.57. The SMILES string of the molecule is C=CCOC(=O)CCCCCCC/C=C\C/C=C\C/C=C\CC. The molecule has 0 unspecified atom stereocenters. The average molecular weight is 319 g/mol. The Morgan fingerprint density at radius 2 is 1.48 bits per heavy atom. The van der Waals surface area contributed by atoms with Crippen molar-refractivity contribution in [3.05, 3.63) is 49.1 Å². The molecular formula is C21H34O2. The highest BCUT2D eigenvalue weighted by Gasteiger charge is 2.00. The molecule has 0 N–H and O–H groups in total. The third-order valence-electron chi connectivity index (χ3n) is 3.39. The van der Waals surface area contributed by atoms with Gasteiger partial charge in [-0.15, -0.1) is 0 Å². The fraction of sp³-hybridized carbons (Fsp3) is 0.571. The van der Waals surface area contributed by atoms with Gasteiger partial charge in [0, 0.05) is 6.42 Å². The van der Waals surface area contributed by atoms with E-state index in [4.69, 9.17) is 4.74 Å². The molecule has 0 heterocycles. The van der Waals surface area contributed by atoms with Crippen molar-refractivity contribution in [1.29, 1.82) is 0 Å². The average Bonchev–Trinajstić information content (AvgIpc) is 2.56. The molecule has 2 nitrogen and oxygen atoms in total. The lowest BCUT2D eigenvalue weighted by atomic mass is 10.1. The standard InChI is InChI=1S/C21H34O2/c1-3-5-6-7-8-9-10-11-12-13-14-15-16-17-18-19-21(22)23-20-4-2/h4-6,8-9,11-12H,2-3,7,10,13-20H2,1H3/b6-5-,9-8-,12-11-. The van der Waals surface area contributed by atoms with Crippen LogP contribution in [0, 0.1) is 0 Å². The zero-order chi connectivity index (χ0) is 17.0. The van der Waals surface area contributed by atoms with Gasteiger partial charge in [0.1, 0.15) is 6.61 Å². The third kappa shape index (κ3) is 18.4. The van der Waals surface area contributed by atoms with Crippen molar-refractivity contribution < 1.29 is 9.53 Å². The van der Waals surface area contributed by atoms with Crippen molar-refractivity contribution >= 4 is 5.97 Å². The van der Waals surface area contributed by atoms with Gasteiger partial charge in [0.15, 0.2) is 0 Å². The molecule has 0 aliphatic rings. The summed E-state index contributed by atoms with van der Waals surface area (Å²) in [6.07, 6.45) is 25.6. The lowest BCUT2D eigenvalue weighted by Crippen LogP contribution is -2.03. The van der Waals surface area contributed by atoms with Crippen LogP contribution in [0.3, 0.4) is 0 Å². The van der Waals surface area contributed by atoms with Crippen molar-refractivity contribution in [2.24, 2.45) is 0 Å². The van der Waals surface area contributed by atoms with Crippen LogP contribution in [0.25, 0.3) is 0 Å². The molecule has 130 valence electrons. The van der Waals surface area contributed by atoms with Crippen molar-refractivity contribution in [1.82, 2.24) is 0 Å². The van der Waals surface area contributed by atoms with Gasteiger partial charge in [-0.25, -0.2) is 0 Å². The first-order valence-electron chi connectivity index (χ1n) is 9.02. The number of carbonyl (C=O) groups excluding carboxylic acids is 1. The van der Waals surface area contributed by atoms with Gasteiger partial charge in [0.05, 0.1) is 0 Å². The summed E-state index contributed by atoms with van der Waals surface area (Å²) in [5.74, 6) is -0.105. The van der Waals surface area contributed by atoms with Crippen LogP contribution in [-0.2, 0) is 9.53 Å². The first kappa shape index (κ1) is 21.4. The van der Waals surface area contributed by atoms with Crippen LogP contribution >= 0.6 is 0 Å². The van der Waals surface area contributed by atoms with Gasteiger partial charge >= 0.3 is 5.97 Å². The predicted octanol–water partition coefficient (Wildman–Crippen LogP) is 6.31. The smallest absolute Gasteiger partial charge is 0.306 e. The summed E-state index contributed by atoms with van der Waals surface area (Å²) in [4.78, 5) is 11.2. The molecule has 0 bridgehead atoms. The Bertz CT molecular complexity index is 364. The van der Waals surface area contributed by atoms with Crippen LogP contribution in [0.5, 0.6) is 0 Å². The number of hydrogen-bond donors (Lipinski definition) is 0. The molecule has 0 rings (SSSR count). The highest BCUT2D eigenvalue weighted by molar-refractivity contribution is 5.69. The minimum absolute atomic E-state index is 0.105. The molecule has 0 aromatic heterocycles. The monoisotopic (exact) mass is 318 g/mol. The van der Waals surface area contributed by atoms with E-state index in [1.807, 2.05) is 0 Å². The van der Waals surface area contributed by atoms with Gasteiger partial charge in [-0.1, -0.05) is 75.3 Å². The Kier molecular flexibility index (Phi) is 17.2. The molecule has 0 aliphatic heterocycles. The Morgan fingerprint density at radius 3 is 2.17 bits per heavy atom. The molecule has 0 aliphatic carbocycles. The van der Waals surface area contributed by atoms with E-state index in [9.17, 15) is 4.79 Å². The molecule has 0 radical (unpaired) electrons. The van der Waals surface area contributed by atoms with E-state index in [-0.39, 0.29) is 5.97 Å². The number of rotatable bonds is 15. The Labute approximate surface area is 143 Å². The van der Waals surface area contributed by atoms with Crippen LogP contribution in [0.1, 0.15) is 71.1 Å². The van der Waals surface area contributed by atoms with Gasteiger partial charge in [-0.05, 0) is 38.5 Å². The number of esters is 1. The molecular weight excluding hydrogens is 284 g/mol. The van der Waals surface area contributed by atoms with Gasteiger partial charge < -0.3 is 4.74 Å². The van der Waals surface area contributed by atoms with E-state index in [0.29, 0.717) is 13.0 Å². The highest BCUT2D eigenvalue weighted by atomic mass is 16.5. The minimum atomic E-state index is -0.105. The van der Waals surface area contributed by atoms with Crippen LogP contribution < -0.4 is 0 Å². The number of unbranched alkanes of at least 4 members (excludes halogenated alkanes) is 5. The van der Waals surface area contributed by atoms with Gasteiger partial charge in [0.25, 0.3) is 0 Å². The summed E-state index contributed by atoms with van der Waals surface area (Å²) >= 11 is 0. The first-order chi connectivity index (χ1) is 11.3. The molecule has 0 saturated carbocycles. The van der Waals surface area contributed by atoms with E-state index in [1.165, 1.54) is 19.3 Å². The normalized spacial score (nSPS) is 11.7. The topological polar surface area (TPSA) is 26.3 Å². The summed E-state index contributed by atoms with van der Waals surface area (Å²) in [5, 5.41) is 0. The minimum Gasteiger partial charge on any atom is -0.461 e. The van der Waals surface area contributed by atoms with Gasteiger partial charge in [0.2, 0.25) is 0 Å². The molecule has 0 atom stereocenters. The highest BCUT2D eigenvalue weighted by Crippen LogP contribution is 2.08. The predicted molar refractivity (Wildman–Crippen MR) is 100 cm³/mol. The maximum Gasteiger partial charge on any atom is 0.306 e. The summed E-state index contributed by atoms with van der Waals surface area (Å²) in [5.41, 5.74) is 0. The van der Waals surface area contributed by atoms with Crippen molar-refractivity contribution in [3.63, 3.8) is 0 Å². The van der Waals surface area contributed by atoms with Crippen LogP contribution in [-0.4, -0.2) is 12.6 Å².